The number of carbonyl (C=O) groups excluding carboxylic acids is 2. The minimum atomic E-state index is -5.65. The monoisotopic (exact) mass is 392 g/mol. The van der Waals surface area contributed by atoms with Gasteiger partial charge in [0.15, 0.2) is 0 Å². The summed E-state index contributed by atoms with van der Waals surface area (Å²) in [6.45, 7) is 6.33. The molecule has 1 unspecified atom stereocenters. The molecule has 0 heterocycles. The third-order valence-electron chi connectivity index (χ3n) is 3.24. The molecule has 0 aliphatic carbocycles. The molecule has 26 heavy (non-hydrogen) atoms. The van der Waals surface area contributed by atoms with E-state index in [9.17, 15) is 31.5 Å². The van der Waals surface area contributed by atoms with E-state index < -0.39 is 47.4 Å². The topological polar surface area (TPSA) is 61.8 Å². The Kier molecular flexibility index (Phi) is 7.23. The van der Waals surface area contributed by atoms with Crippen molar-refractivity contribution in [1.29, 1.82) is 0 Å². The fourth-order valence-corrected chi connectivity index (χ4v) is 1.37. The van der Waals surface area contributed by atoms with Gasteiger partial charge < -0.3 is 14.2 Å². The van der Waals surface area contributed by atoms with Crippen LogP contribution in [0.15, 0.2) is 0 Å². The minimum absolute atomic E-state index is 0.0675. The molecule has 154 valence electrons. The number of esters is 2. The summed E-state index contributed by atoms with van der Waals surface area (Å²) in [6, 6.07) is 0. The van der Waals surface area contributed by atoms with Crippen molar-refractivity contribution in [1.82, 2.24) is 0 Å². The normalized spacial score (nSPS) is 16.0. The Hall–Kier alpha value is -1.45. The highest BCUT2D eigenvalue weighted by atomic mass is 19.4. The summed E-state index contributed by atoms with van der Waals surface area (Å²) in [5, 5.41) is 0. The molecule has 0 aromatic rings. The maximum absolute atomic E-state index is 13.7. The number of rotatable bonds is 7. The Labute approximate surface area is 149 Å². The molecule has 10 heteroatoms. The predicted molar refractivity (Wildman–Crippen MR) is 81.4 cm³/mol. The second kappa shape index (κ2) is 7.66. The Morgan fingerprint density at radius 3 is 1.58 bits per heavy atom. The third kappa shape index (κ3) is 6.69. The van der Waals surface area contributed by atoms with Crippen LogP contribution in [0.5, 0.6) is 0 Å². The van der Waals surface area contributed by atoms with Crippen molar-refractivity contribution in [2.75, 3.05) is 6.61 Å². The van der Waals surface area contributed by atoms with Crippen LogP contribution in [-0.4, -0.2) is 42.0 Å². The molecule has 0 aromatic heterocycles. The summed E-state index contributed by atoms with van der Waals surface area (Å²) in [7, 11) is 0. The standard InChI is InChI=1S/C16H25F5O5/c1-8-13(5,6)10(22)26-15(16(19,20)21,24-9-14(7,17)18)11(23)25-12(2,3)4/h8-9H2,1-7H3. The van der Waals surface area contributed by atoms with Gasteiger partial charge in [0.2, 0.25) is 0 Å². The van der Waals surface area contributed by atoms with Crippen molar-refractivity contribution in [3.8, 4) is 0 Å². The molecule has 0 amide bonds. The first-order valence-corrected chi connectivity index (χ1v) is 7.83. The Bertz CT molecular complexity index is 517. The largest absolute Gasteiger partial charge is 0.468 e. The van der Waals surface area contributed by atoms with Crippen LogP contribution in [0, 0.1) is 5.41 Å². The number of halogens is 5. The van der Waals surface area contributed by atoms with E-state index in [1.807, 2.05) is 0 Å². The molecule has 0 saturated carbocycles. The van der Waals surface area contributed by atoms with E-state index in [2.05, 4.69) is 14.2 Å². The molecule has 1 atom stereocenters. The van der Waals surface area contributed by atoms with E-state index in [4.69, 9.17) is 0 Å². The van der Waals surface area contributed by atoms with Gasteiger partial charge in [0.1, 0.15) is 12.2 Å². The van der Waals surface area contributed by atoms with Crippen LogP contribution in [0.3, 0.4) is 0 Å². The van der Waals surface area contributed by atoms with Gasteiger partial charge in [-0.05, 0) is 41.0 Å². The van der Waals surface area contributed by atoms with Crippen molar-refractivity contribution < 1.29 is 45.8 Å². The summed E-state index contributed by atoms with van der Waals surface area (Å²) >= 11 is 0. The van der Waals surface area contributed by atoms with Gasteiger partial charge in [-0.3, -0.25) is 4.79 Å². The van der Waals surface area contributed by atoms with Crippen LogP contribution in [-0.2, 0) is 23.8 Å². The number of hydrogen-bond donors (Lipinski definition) is 0. The first-order valence-electron chi connectivity index (χ1n) is 7.83. The predicted octanol–water partition coefficient (Wildman–Crippen LogP) is 4.24. The van der Waals surface area contributed by atoms with Crippen LogP contribution in [0.4, 0.5) is 22.0 Å². The first kappa shape index (κ1) is 24.6. The zero-order chi connectivity index (χ0) is 21.2. The van der Waals surface area contributed by atoms with Gasteiger partial charge >= 0.3 is 23.9 Å². The second-order valence-corrected chi connectivity index (χ2v) is 7.60. The smallest absolute Gasteiger partial charge is 0.455 e. The lowest BCUT2D eigenvalue weighted by Gasteiger charge is -2.36. The summed E-state index contributed by atoms with van der Waals surface area (Å²) in [5.74, 6) is -11.6. The van der Waals surface area contributed by atoms with Crippen molar-refractivity contribution in [3.63, 3.8) is 0 Å². The van der Waals surface area contributed by atoms with E-state index in [1.54, 1.807) is 0 Å². The van der Waals surface area contributed by atoms with Crippen molar-refractivity contribution in [2.24, 2.45) is 5.41 Å². The molecule has 0 aliphatic rings. The third-order valence-corrected chi connectivity index (χ3v) is 3.24. The first-order chi connectivity index (χ1) is 11.3. The van der Waals surface area contributed by atoms with Crippen molar-refractivity contribution in [3.05, 3.63) is 0 Å². The Balaban J connectivity index is 6.14. The molecule has 0 saturated heterocycles. The zero-order valence-electron chi connectivity index (χ0n) is 15.8. The van der Waals surface area contributed by atoms with E-state index in [1.165, 1.54) is 41.5 Å². The SMILES string of the molecule is CCC(C)(C)C(=O)OC(OCC(C)(F)F)(C(=O)OC(C)(C)C)C(F)(F)F. The fourth-order valence-electron chi connectivity index (χ4n) is 1.37. The van der Waals surface area contributed by atoms with E-state index in [-0.39, 0.29) is 6.42 Å². The van der Waals surface area contributed by atoms with Crippen LogP contribution in [0.25, 0.3) is 0 Å². The average Bonchev–Trinajstić information content (AvgIpc) is 2.38. The lowest BCUT2D eigenvalue weighted by Crippen LogP contribution is -2.61. The van der Waals surface area contributed by atoms with Gasteiger partial charge in [0.05, 0.1) is 5.41 Å². The zero-order valence-corrected chi connectivity index (χ0v) is 15.8. The Morgan fingerprint density at radius 1 is 0.808 bits per heavy atom. The molecule has 0 aliphatic heterocycles. The summed E-state index contributed by atoms with van der Waals surface area (Å²) < 4.78 is 80.4. The molecule has 0 spiro atoms. The highest BCUT2D eigenvalue weighted by Gasteiger charge is 2.69. The molecule has 0 bridgehead atoms. The molecule has 0 rings (SSSR count). The summed E-state index contributed by atoms with van der Waals surface area (Å²) in [4.78, 5) is 24.4. The maximum Gasteiger partial charge on any atom is 0.468 e. The van der Waals surface area contributed by atoms with E-state index in [0.29, 0.717) is 6.92 Å². The minimum Gasteiger partial charge on any atom is -0.455 e. The van der Waals surface area contributed by atoms with Gasteiger partial charge in [-0.15, -0.1) is 0 Å². The molecule has 0 aromatic carbocycles. The molecular weight excluding hydrogens is 367 g/mol. The van der Waals surface area contributed by atoms with Gasteiger partial charge in [-0.2, -0.15) is 13.2 Å². The van der Waals surface area contributed by atoms with E-state index in [0.717, 1.165) is 0 Å². The Morgan fingerprint density at radius 2 is 1.27 bits per heavy atom. The van der Waals surface area contributed by atoms with Gasteiger partial charge in [0.25, 0.3) is 5.92 Å². The number of alkyl halides is 5. The fraction of sp³-hybridized carbons (Fsp3) is 0.875. The highest BCUT2D eigenvalue weighted by molar-refractivity contribution is 5.85. The van der Waals surface area contributed by atoms with Crippen LogP contribution < -0.4 is 0 Å². The lowest BCUT2D eigenvalue weighted by molar-refractivity contribution is -0.367. The number of carbonyl (C=O) groups is 2. The van der Waals surface area contributed by atoms with Gasteiger partial charge in [-0.25, -0.2) is 13.6 Å². The second-order valence-electron chi connectivity index (χ2n) is 7.60. The average molecular weight is 392 g/mol. The lowest BCUT2D eigenvalue weighted by atomic mass is 9.90. The molecule has 0 radical (unpaired) electrons. The highest BCUT2D eigenvalue weighted by Crippen LogP contribution is 2.40. The number of ether oxygens (including phenoxy) is 3. The maximum atomic E-state index is 13.7. The van der Waals surface area contributed by atoms with Gasteiger partial charge in [0, 0.05) is 6.92 Å². The molecule has 0 fully saturated rings. The summed E-state index contributed by atoms with van der Waals surface area (Å²) in [5.41, 5.74) is -2.84. The van der Waals surface area contributed by atoms with Crippen LogP contribution >= 0.6 is 0 Å². The molecule has 0 N–H and O–H groups in total. The van der Waals surface area contributed by atoms with E-state index >= 15 is 0 Å². The molecule has 5 nitrogen and oxygen atoms in total. The van der Waals surface area contributed by atoms with Crippen molar-refractivity contribution in [2.45, 2.75) is 78.4 Å². The molecular formula is C16H25F5O5. The number of hydrogen-bond acceptors (Lipinski definition) is 5. The van der Waals surface area contributed by atoms with Crippen molar-refractivity contribution >= 4 is 11.9 Å². The van der Waals surface area contributed by atoms with Gasteiger partial charge in [-0.1, -0.05) is 6.92 Å². The quantitative estimate of drug-likeness (QED) is 0.369. The van der Waals surface area contributed by atoms with Crippen LogP contribution in [0.2, 0.25) is 0 Å². The van der Waals surface area contributed by atoms with Crippen LogP contribution in [0.1, 0.15) is 54.9 Å². The summed E-state index contributed by atoms with van der Waals surface area (Å²) in [6.07, 6.45) is -5.59.